The molecule has 1 amide bonds. The Morgan fingerprint density at radius 3 is 2.31 bits per heavy atom. The highest BCUT2D eigenvalue weighted by molar-refractivity contribution is 6.19. The van der Waals surface area contributed by atoms with E-state index in [0.29, 0.717) is 44.1 Å². The molecule has 0 N–H and O–H groups in total. The number of piperazine rings is 1. The number of benzene rings is 1. The topological polar surface area (TPSA) is 62.5 Å². The van der Waals surface area contributed by atoms with Crippen molar-refractivity contribution in [1.82, 2.24) is 19.9 Å². The lowest BCUT2D eigenvalue weighted by Gasteiger charge is -2.37. The summed E-state index contributed by atoms with van der Waals surface area (Å²) in [7, 11) is 0. The molecule has 29 heavy (non-hydrogen) atoms. The third-order valence-electron chi connectivity index (χ3n) is 4.86. The second-order valence-electron chi connectivity index (χ2n) is 7.68. The number of alkyl halides is 4. The highest BCUT2D eigenvalue weighted by atomic mass is 35.5. The summed E-state index contributed by atoms with van der Waals surface area (Å²) in [6, 6.07) is 4.59. The predicted octanol–water partition coefficient (Wildman–Crippen LogP) is 3.66. The SMILES string of the molecule is CC(C)(CCl)C(=O)N1CCN(Cc2noc(-c3ccc(C(F)(F)F)cc3)n2)CC1. The van der Waals surface area contributed by atoms with Crippen LogP contribution in [0.2, 0.25) is 0 Å². The Balaban J connectivity index is 1.57. The normalized spacial score (nSPS) is 16.3. The lowest BCUT2D eigenvalue weighted by molar-refractivity contribution is -0.141. The molecule has 158 valence electrons. The summed E-state index contributed by atoms with van der Waals surface area (Å²) in [5.74, 6) is 0.921. The lowest BCUT2D eigenvalue weighted by Crippen LogP contribution is -2.52. The molecular formula is C19H22ClF3N4O2. The Labute approximate surface area is 171 Å². The van der Waals surface area contributed by atoms with Crippen molar-refractivity contribution in [3.63, 3.8) is 0 Å². The Morgan fingerprint density at radius 2 is 1.76 bits per heavy atom. The summed E-state index contributed by atoms with van der Waals surface area (Å²) in [6.07, 6.45) is -4.39. The minimum atomic E-state index is -4.39. The number of carbonyl (C=O) groups is 1. The first-order valence-corrected chi connectivity index (χ1v) is 9.71. The second kappa shape index (κ2) is 8.31. The molecule has 1 saturated heterocycles. The molecule has 0 aliphatic carbocycles. The van der Waals surface area contributed by atoms with Crippen LogP contribution in [0.15, 0.2) is 28.8 Å². The second-order valence-corrected chi connectivity index (χ2v) is 7.94. The number of hydrogen-bond acceptors (Lipinski definition) is 5. The van der Waals surface area contributed by atoms with Crippen LogP contribution >= 0.6 is 11.6 Å². The molecule has 10 heteroatoms. The molecule has 0 spiro atoms. The molecule has 1 aromatic carbocycles. The monoisotopic (exact) mass is 430 g/mol. The Kier molecular flexibility index (Phi) is 6.19. The van der Waals surface area contributed by atoms with Crippen LogP contribution in [0, 0.1) is 5.41 Å². The number of carbonyl (C=O) groups excluding carboxylic acids is 1. The van der Waals surface area contributed by atoms with Crippen LogP contribution in [-0.4, -0.2) is 57.9 Å². The zero-order valence-electron chi connectivity index (χ0n) is 16.2. The summed E-state index contributed by atoms with van der Waals surface area (Å²) >= 11 is 5.89. The Bertz CT molecular complexity index is 844. The van der Waals surface area contributed by atoms with Gasteiger partial charge in [-0.1, -0.05) is 5.16 Å². The molecule has 0 saturated carbocycles. The average Bonchev–Trinajstić information content (AvgIpc) is 3.16. The zero-order chi connectivity index (χ0) is 21.2. The van der Waals surface area contributed by atoms with Crippen molar-refractivity contribution >= 4 is 17.5 Å². The first-order valence-electron chi connectivity index (χ1n) is 9.18. The molecule has 1 aliphatic rings. The van der Waals surface area contributed by atoms with Crippen molar-refractivity contribution in [3.8, 4) is 11.5 Å². The van der Waals surface area contributed by atoms with Crippen LogP contribution in [-0.2, 0) is 17.5 Å². The van der Waals surface area contributed by atoms with Gasteiger partial charge in [0.1, 0.15) is 0 Å². The zero-order valence-corrected chi connectivity index (χ0v) is 16.9. The number of halogens is 4. The van der Waals surface area contributed by atoms with Crippen LogP contribution in [0.25, 0.3) is 11.5 Å². The van der Waals surface area contributed by atoms with Crippen molar-refractivity contribution in [3.05, 3.63) is 35.7 Å². The van der Waals surface area contributed by atoms with Gasteiger partial charge in [-0.2, -0.15) is 18.2 Å². The third-order valence-corrected chi connectivity index (χ3v) is 5.53. The largest absolute Gasteiger partial charge is 0.416 e. The maximum atomic E-state index is 12.7. The molecule has 2 aromatic rings. The van der Waals surface area contributed by atoms with E-state index in [1.807, 2.05) is 18.7 Å². The summed E-state index contributed by atoms with van der Waals surface area (Å²) in [6.45, 7) is 6.59. The molecule has 2 heterocycles. The van der Waals surface area contributed by atoms with Gasteiger partial charge in [-0.15, -0.1) is 11.6 Å². The number of aromatic nitrogens is 2. The van der Waals surface area contributed by atoms with Gasteiger partial charge in [0.25, 0.3) is 5.89 Å². The van der Waals surface area contributed by atoms with Gasteiger partial charge in [-0.25, -0.2) is 0 Å². The van der Waals surface area contributed by atoms with Crippen LogP contribution in [0.4, 0.5) is 13.2 Å². The standard InChI is InChI=1S/C19H22ClF3N4O2/c1-18(2,12-20)17(28)27-9-7-26(8-10-27)11-15-24-16(29-25-15)13-3-5-14(6-4-13)19(21,22)23/h3-6H,7-12H2,1-2H3. The number of nitrogens with zero attached hydrogens (tertiary/aromatic N) is 4. The molecule has 3 rings (SSSR count). The Hall–Kier alpha value is -2.13. The molecule has 0 atom stereocenters. The molecule has 1 aliphatic heterocycles. The van der Waals surface area contributed by atoms with E-state index in [4.69, 9.17) is 16.1 Å². The van der Waals surface area contributed by atoms with Crippen LogP contribution in [0.1, 0.15) is 25.2 Å². The number of hydrogen-bond donors (Lipinski definition) is 0. The van der Waals surface area contributed by atoms with Crippen LogP contribution in [0.5, 0.6) is 0 Å². The molecule has 1 aromatic heterocycles. The highest BCUT2D eigenvalue weighted by Crippen LogP contribution is 2.30. The molecule has 0 bridgehead atoms. The van der Waals surface area contributed by atoms with Crippen LogP contribution < -0.4 is 0 Å². The lowest BCUT2D eigenvalue weighted by atomic mass is 9.94. The van der Waals surface area contributed by atoms with Crippen molar-refractivity contribution in [2.24, 2.45) is 5.41 Å². The molecule has 0 radical (unpaired) electrons. The fraction of sp³-hybridized carbons (Fsp3) is 0.526. The van der Waals surface area contributed by atoms with Gasteiger partial charge in [0.15, 0.2) is 5.82 Å². The average molecular weight is 431 g/mol. The minimum Gasteiger partial charge on any atom is -0.340 e. The van der Waals surface area contributed by atoms with E-state index in [1.54, 1.807) is 0 Å². The fourth-order valence-corrected chi connectivity index (χ4v) is 3.15. The van der Waals surface area contributed by atoms with Crippen molar-refractivity contribution in [2.75, 3.05) is 32.1 Å². The van der Waals surface area contributed by atoms with Crippen LogP contribution in [0.3, 0.4) is 0 Å². The van der Waals surface area contributed by atoms with Crippen molar-refractivity contribution < 1.29 is 22.5 Å². The molecule has 6 nitrogen and oxygen atoms in total. The predicted molar refractivity (Wildman–Crippen MR) is 101 cm³/mol. The maximum absolute atomic E-state index is 12.7. The summed E-state index contributed by atoms with van der Waals surface area (Å²) < 4.78 is 43.2. The van der Waals surface area contributed by atoms with Crippen molar-refractivity contribution in [1.29, 1.82) is 0 Å². The molecule has 1 fully saturated rings. The van der Waals surface area contributed by atoms with E-state index < -0.39 is 17.2 Å². The highest BCUT2D eigenvalue weighted by Gasteiger charge is 2.33. The Morgan fingerprint density at radius 1 is 1.14 bits per heavy atom. The summed E-state index contributed by atoms with van der Waals surface area (Å²) in [5, 5.41) is 3.92. The smallest absolute Gasteiger partial charge is 0.340 e. The van der Waals surface area contributed by atoms with Gasteiger partial charge >= 0.3 is 6.18 Å². The van der Waals surface area contributed by atoms with E-state index in [2.05, 4.69) is 15.0 Å². The quantitative estimate of drug-likeness (QED) is 0.677. The van der Waals surface area contributed by atoms with E-state index in [-0.39, 0.29) is 17.7 Å². The third kappa shape index (κ3) is 5.08. The van der Waals surface area contributed by atoms with Gasteiger partial charge < -0.3 is 9.42 Å². The summed E-state index contributed by atoms with van der Waals surface area (Å²) in [5.41, 5.74) is -0.894. The molecule has 0 unspecified atom stereocenters. The first-order chi connectivity index (χ1) is 13.6. The van der Waals surface area contributed by atoms with E-state index >= 15 is 0 Å². The first kappa shape index (κ1) is 21.6. The van der Waals surface area contributed by atoms with Crippen molar-refractivity contribution in [2.45, 2.75) is 26.6 Å². The number of rotatable bonds is 5. The van der Waals surface area contributed by atoms with Gasteiger partial charge in [0, 0.05) is 37.6 Å². The minimum absolute atomic E-state index is 0.0382. The van der Waals surface area contributed by atoms with Gasteiger partial charge in [-0.3, -0.25) is 9.69 Å². The van der Waals surface area contributed by atoms with E-state index in [9.17, 15) is 18.0 Å². The molecular weight excluding hydrogens is 409 g/mol. The van der Waals surface area contributed by atoms with Gasteiger partial charge in [-0.05, 0) is 38.1 Å². The fourth-order valence-electron chi connectivity index (χ4n) is 3.03. The van der Waals surface area contributed by atoms with E-state index in [0.717, 1.165) is 12.1 Å². The van der Waals surface area contributed by atoms with Gasteiger partial charge in [0.05, 0.1) is 17.5 Å². The van der Waals surface area contributed by atoms with Gasteiger partial charge in [0.2, 0.25) is 5.91 Å². The number of amides is 1. The van der Waals surface area contributed by atoms with E-state index in [1.165, 1.54) is 12.1 Å². The maximum Gasteiger partial charge on any atom is 0.416 e. The summed E-state index contributed by atoms with van der Waals surface area (Å²) in [4.78, 5) is 20.7.